The van der Waals surface area contributed by atoms with Gasteiger partial charge in [0.05, 0.1) is 11.4 Å². The highest BCUT2D eigenvalue weighted by Gasteiger charge is 2.26. The zero-order valence-electron chi connectivity index (χ0n) is 17.3. The van der Waals surface area contributed by atoms with Gasteiger partial charge in [-0.2, -0.15) is 0 Å². The summed E-state index contributed by atoms with van der Waals surface area (Å²) in [5.74, 6) is 1.55. The van der Waals surface area contributed by atoms with Crippen LogP contribution in [0.3, 0.4) is 0 Å². The van der Waals surface area contributed by atoms with Crippen molar-refractivity contribution in [1.29, 1.82) is 0 Å². The molecule has 2 aliphatic rings. The molecule has 0 bridgehead atoms. The second kappa shape index (κ2) is 9.97. The van der Waals surface area contributed by atoms with Gasteiger partial charge in [-0.15, -0.1) is 0 Å². The first-order valence-corrected chi connectivity index (χ1v) is 12.5. The maximum Gasteiger partial charge on any atom is 0.214 e. The number of rotatable bonds is 8. The third-order valence-electron chi connectivity index (χ3n) is 6.08. The standard InChI is InChI=1S/C22H36N2O3S/c1-17(2)28(25,26)24-19-13-11-18(12-14-19)16-23-20-7-6-10-22(15-20)27-21-8-4-3-5-9-21/h6-7,10,15,17-19,21,23-24H,3-5,8-9,11-14,16H2,1-2H3. The lowest BCUT2D eigenvalue weighted by atomic mass is 9.86. The largest absolute Gasteiger partial charge is 0.490 e. The van der Waals surface area contributed by atoms with Gasteiger partial charge in [-0.05, 0) is 83.3 Å². The topological polar surface area (TPSA) is 67.4 Å². The summed E-state index contributed by atoms with van der Waals surface area (Å²) in [7, 11) is -3.17. The summed E-state index contributed by atoms with van der Waals surface area (Å²) in [6.07, 6.45) is 10.5. The Morgan fingerprint density at radius 3 is 2.43 bits per heavy atom. The van der Waals surface area contributed by atoms with Crippen LogP contribution in [-0.4, -0.2) is 32.4 Å². The fraction of sp³-hybridized carbons (Fsp3) is 0.727. The molecule has 0 aromatic heterocycles. The van der Waals surface area contributed by atoms with Crippen molar-refractivity contribution in [3.05, 3.63) is 24.3 Å². The maximum atomic E-state index is 12.0. The van der Waals surface area contributed by atoms with E-state index in [1.165, 1.54) is 32.1 Å². The molecule has 0 radical (unpaired) electrons. The van der Waals surface area contributed by atoms with Gasteiger partial charge in [0.25, 0.3) is 0 Å². The van der Waals surface area contributed by atoms with Crippen molar-refractivity contribution < 1.29 is 13.2 Å². The first-order chi connectivity index (χ1) is 13.4. The van der Waals surface area contributed by atoms with Crippen molar-refractivity contribution in [2.75, 3.05) is 11.9 Å². The molecule has 2 saturated carbocycles. The van der Waals surface area contributed by atoms with Crippen LogP contribution in [0.5, 0.6) is 5.75 Å². The molecule has 1 aromatic rings. The van der Waals surface area contributed by atoms with E-state index in [9.17, 15) is 8.42 Å². The molecule has 0 saturated heterocycles. The molecule has 1 aromatic carbocycles. The molecule has 0 unspecified atom stereocenters. The Labute approximate surface area is 170 Å². The van der Waals surface area contributed by atoms with Crippen molar-refractivity contribution in [3.63, 3.8) is 0 Å². The van der Waals surface area contributed by atoms with Crippen LogP contribution in [0.4, 0.5) is 5.69 Å². The molecule has 0 spiro atoms. The van der Waals surface area contributed by atoms with E-state index in [0.717, 1.165) is 43.7 Å². The van der Waals surface area contributed by atoms with Gasteiger partial charge in [-0.3, -0.25) is 0 Å². The Morgan fingerprint density at radius 1 is 1.04 bits per heavy atom. The number of hydrogen-bond acceptors (Lipinski definition) is 4. The highest BCUT2D eigenvalue weighted by Crippen LogP contribution is 2.27. The fourth-order valence-corrected chi connectivity index (χ4v) is 5.14. The molecule has 158 valence electrons. The zero-order chi connectivity index (χ0) is 20.0. The Hall–Kier alpha value is -1.27. The molecule has 2 fully saturated rings. The Bertz CT molecular complexity index is 706. The number of benzene rings is 1. The lowest BCUT2D eigenvalue weighted by Crippen LogP contribution is -2.41. The SMILES string of the molecule is CC(C)S(=O)(=O)NC1CCC(CNc2cccc(OC3CCCCC3)c2)CC1. The minimum absolute atomic E-state index is 0.0934. The van der Waals surface area contributed by atoms with Crippen LogP contribution < -0.4 is 14.8 Å². The molecule has 5 nitrogen and oxygen atoms in total. The van der Waals surface area contributed by atoms with Crippen LogP contribution in [0.2, 0.25) is 0 Å². The van der Waals surface area contributed by atoms with Gasteiger partial charge in [0.2, 0.25) is 10.0 Å². The van der Waals surface area contributed by atoms with E-state index in [1.54, 1.807) is 13.8 Å². The molecular formula is C22H36N2O3S. The molecular weight excluding hydrogens is 372 g/mol. The Balaban J connectivity index is 1.42. The molecule has 2 N–H and O–H groups in total. The van der Waals surface area contributed by atoms with E-state index in [0.29, 0.717) is 12.0 Å². The average Bonchev–Trinajstić information content (AvgIpc) is 2.68. The van der Waals surface area contributed by atoms with Crippen molar-refractivity contribution in [1.82, 2.24) is 4.72 Å². The van der Waals surface area contributed by atoms with Gasteiger partial charge in [0, 0.05) is 24.3 Å². The third-order valence-corrected chi connectivity index (χ3v) is 7.99. The molecule has 2 aliphatic carbocycles. The van der Waals surface area contributed by atoms with Crippen molar-refractivity contribution in [2.45, 2.75) is 89.0 Å². The average molecular weight is 409 g/mol. The summed E-state index contributed by atoms with van der Waals surface area (Å²) in [5, 5.41) is 3.19. The van der Waals surface area contributed by atoms with Gasteiger partial charge < -0.3 is 10.1 Å². The van der Waals surface area contributed by atoms with E-state index in [-0.39, 0.29) is 11.3 Å². The second-order valence-electron chi connectivity index (χ2n) is 8.72. The second-order valence-corrected chi connectivity index (χ2v) is 11.0. The number of anilines is 1. The van der Waals surface area contributed by atoms with Gasteiger partial charge in [-0.1, -0.05) is 12.5 Å². The quantitative estimate of drug-likeness (QED) is 0.654. The normalized spacial score (nSPS) is 24.2. The highest BCUT2D eigenvalue weighted by molar-refractivity contribution is 7.90. The number of sulfonamides is 1. The van der Waals surface area contributed by atoms with Crippen LogP contribution in [0.25, 0.3) is 0 Å². The van der Waals surface area contributed by atoms with E-state index in [4.69, 9.17) is 4.74 Å². The summed E-state index contributed by atoms with van der Waals surface area (Å²) in [5.41, 5.74) is 1.11. The number of nitrogens with one attached hydrogen (secondary N) is 2. The van der Waals surface area contributed by atoms with Gasteiger partial charge in [0.1, 0.15) is 5.75 Å². The predicted octanol–water partition coefficient (Wildman–Crippen LogP) is 4.70. The molecule has 0 aliphatic heterocycles. The van der Waals surface area contributed by atoms with Crippen LogP contribution in [0, 0.1) is 5.92 Å². The molecule has 28 heavy (non-hydrogen) atoms. The summed E-state index contributed by atoms with van der Waals surface area (Å²) >= 11 is 0. The van der Waals surface area contributed by atoms with Crippen molar-refractivity contribution in [3.8, 4) is 5.75 Å². The van der Waals surface area contributed by atoms with E-state index >= 15 is 0 Å². The van der Waals surface area contributed by atoms with Crippen molar-refractivity contribution in [2.24, 2.45) is 5.92 Å². The zero-order valence-corrected chi connectivity index (χ0v) is 18.1. The highest BCUT2D eigenvalue weighted by atomic mass is 32.2. The summed E-state index contributed by atoms with van der Waals surface area (Å²) < 4.78 is 33.1. The third kappa shape index (κ3) is 6.38. The molecule has 0 atom stereocenters. The lowest BCUT2D eigenvalue weighted by molar-refractivity contribution is 0.155. The van der Waals surface area contributed by atoms with Gasteiger partial charge in [-0.25, -0.2) is 13.1 Å². The number of hydrogen-bond donors (Lipinski definition) is 2. The van der Waals surface area contributed by atoms with E-state index < -0.39 is 10.0 Å². The molecule has 0 heterocycles. The first-order valence-electron chi connectivity index (χ1n) is 10.9. The minimum atomic E-state index is -3.17. The minimum Gasteiger partial charge on any atom is -0.490 e. The monoisotopic (exact) mass is 408 g/mol. The summed E-state index contributed by atoms with van der Waals surface area (Å²) in [6, 6.07) is 8.40. The van der Waals surface area contributed by atoms with E-state index in [1.807, 2.05) is 6.07 Å². The van der Waals surface area contributed by atoms with Crippen LogP contribution in [0.15, 0.2) is 24.3 Å². The summed E-state index contributed by atoms with van der Waals surface area (Å²) in [6.45, 7) is 4.38. The van der Waals surface area contributed by atoms with Crippen molar-refractivity contribution >= 4 is 15.7 Å². The molecule has 0 amide bonds. The fourth-order valence-electron chi connectivity index (χ4n) is 4.17. The predicted molar refractivity (Wildman–Crippen MR) is 115 cm³/mol. The Kier molecular flexibility index (Phi) is 7.63. The maximum absolute atomic E-state index is 12.0. The van der Waals surface area contributed by atoms with Crippen LogP contribution in [-0.2, 0) is 10.0 Å². The van der Waals surface area contributed by atoms with Crippen LogP contribution in [0.1, 0.15) is 71.6 Å². The van der Waals surface area contributed by atoms with Crippen LogP contribution >= 0.6 is 0 Å². The summed E-state index contributed by atoms with van der Waals surface area (Å²) in [4.78, 5) is 0. The first kappa shape index (κ1) is 21.4. The molecule has 3 rings (SSSR count). The lowest BCUT2D eigenvalue weighted by Gasteiger charge is -2.30. The molecule has 6 heteroatoms. The van der Waals surface area contributed by atoms with Gasteiger partial charge in [0.15, 0.2) is 0 Å². The van der Waals surface area contributed by atoms with E-state index in [2.05, 4.69) is 28.2 Å². The van der Waals surface area contributed by atoms with Gasteiger partial charge >= 0.3 is 0 Å². The Morgan fingerprint density at radius 2 is 1.75 bits per heavy atom. The smallest absolute Gasteiger partial charge is 0.214 e. The number of ether oxygens (including phenoxy) is 1.